The zero-order valence-corrected chi connectivity index (χ0v) is 11.7. The molecule has 0 aliphatic heterocycles. The van der Waals surface area contributed by atoms with Gasteiger partial charge >= 0.3 is 0 Å². The summed E-state index contributed by atoms with van der Waals surface area (Å²) in [7, 11) is 2.12. The van der Waals surface area contributed by atoms with Crippen molar-refractivity contribution in [1.82, 2.24) is 19.7 Å². The van der Waals surface area contributed by atoms with Crippen molar-refractivity contribution >= 4 is 17.2 Å². The van der Waals surface area contributed by atoms with Gasteiger partial charge in [0.2, 0.25) is 0 Å². The molecule has 18 heavy (non-hydrogen) atoms. The highest BCUT2D eigenvalue weighted by Gasteiger charge is 2.03. The van der Waals surface area contributed by atoms with E-state index in [1.54, 1.807) is 11.3 Å². The summed E-state index contributed by atoms with van der Waals surface area (Å²) in [5, 5.41) is 7.42. The van der Waals surface area contributed by atoms with E-state index in [1.165, 1.54) is 0 Å². The van der Waals surface area contributed by atoms with Crippen molar-refractivity contribution in [1.29, 1.82) is 0 Å². The molecule has 2 heterocycles. The molecule has 2 aromatic heterocycles. The van der Waals surface area contributed by atoms with E-state index in [4.69, 9.17) is 5.73 Å². The predicted octanol–water partition coefficient (Wildman–Crippen LogP) is 1.75. The third-order valence-electron chi connectivity index (χ3n) is 2.69. The summed E-state index contributed by atoms with van der Waals surface area (Å²) in [6.07, 6.45) is 2.97. The summed E-state index contributed by atoms with van der Waals surface area (Å²) in [5.74, 6) is 0.585. The van der Waals surface area contributed by atoms with Crippen LogP contribution in [0.4, 0.5) is 5.82 Å². The maximum Gasteiger partial charge on any atom is 0.145 e. The molecule has 2 rings (SSSR count). The summed E-state index contributed by atoms with van der Waals surface area (Å²) in [5.41, 5.74) is 6.72. The van der Waals surface area contributed by atoms with Crippen molar-refractivity contribution in [2.24, 2.45) is 0 Å². The Kier molecular flexibility index (Phi) is 4.33. The molecular formula is C12H19N5S. The van der Waals surface area contributed by atoms with Gasteiger partial charge in [-0.15, -0.1) is 11.3 Å². The van der Waals surface area contributed by atoms with Crippen molar-refractivity contribution in [3.8, 4) is 0 Å². The van der Waals surface area contributed by atoms with E-state index < -0.39 is 0 Å². The van der Waals surface area contributed by atoms with Gasteiger partial charge in [0, 0.05) is 31.2 Å². The molecule has 0 radical (unpaired) electrons. The first-order chi connectivity index (χ1) is 8.63. The lowest BCUT2D eigenvalue weighted by Crippen LogP contribution is -2.20. The monoisotopic (exact) mass is 265 g/mol. The largest absolute Gasteiger partial charge is 0.382 e. The lowest BCUT2D eigenvalue weighted by atomic mass is 10.3. The van der Waals surface area contributed by atoms with Crippen LogP contribution < -0.4 is 5.73 Å². The van der Waals surface area contributed by atoms with Gasteiger partial charge in [0.25, 0.3) is 0 Å². The predicted molar refractivity (Wildman–Crippen MR) is 74.4 cm³/mol. The average Bonchev–Trinajstić information content (AvgIpc) is 2.88. The first-order valence-corrected chi connectivity index (χ1v) is 6.90. The molecule has 0 saturated heterocycles. The third kappa shape index (κ3) is 3.82. The van der Waals surface area contributed by atoms with E-state index in [1.807, 2.05) is 23.9 Å². The number of anilines is 1. The Labute approximate surface area is 111 Å². The zero-order chi connectivity index (χ0) is 13.0. The van der Waals surface area contributed by atoms with Gasteiger partial charge in [0.05, 0.1) is 10.7 Å². The number of nitrogens with zero attached hydrogens (tertiary/aromatic N) is 4. The second kappa shape index (κ2) is 5.97. The van der Waals surface area contributed by atoms with Crippen molar-refractivity contribution in [2.75, 3.05) is 19.3 Å². The Morgan fingerprint density at radius 1 is 1.50 bits per heavy atom. The van der Waals surface area contributed by atoms with Gasteiger partial charge in [-0.1, -0.05) is 0 Å². The van der Waals surface area contributed by atoms with Crippen LogP contribution in [0.25, 0.3) is 0 Å². The standard InChI is InChI=1S/C12H19N5S/c1-10-14-11(9-18-10)8-16(2)5-3-6-17-7-4-12(13)15-17/h4,7,9H,3,5-6,8H2,1-2H3,(H2,13,15). The summed E-state index contributed by atoms with van der Waals surface area (Å²) in [6.45, 7) is 4.87. The number of rotatable bonds is 6. The molecule has 0 aliphatic rings. The van der Waals surface area contributed by atoms with Crippen molar-refractivity contribution in [3.63, 3.8) is 0 Å². The van der Waals surface area contributed by atoms with Crippen LogP contribution in [-0.2, 0) is 13.1 Å². The molecule has 0 bridgehead atoms. The van der Waals surface area contributed by atoms with Crippen LogP contribution in [-0.4, -0.2) is 33.3 Å². The van der Waals surface area contributed by atoms with E-state index in [-0.39, 0.29) is 0 Å². The summed E-state index contributed by atoms with van der Waals surface area (Å²) >= 11 is 1.70. The van der Waals surface area contributed by atoms with Gasteiger partial charge in [0.1, 0.15) is 5.82 Å². The third-order valence-corrected chi connectivity index (χ3v) is 3.51. The van der Waals surface area contributed by atoms with Gasteiger partial charge < -0.3 is 10.6 Å². The number of nitrogen functional groups attached to an aromatic ring is 1. The first kappa shape index (κ1) is 13.0. The van der Waals surface area contributed by atoms with E-state index in [2.05, 4.69) is 27.4 Å². The first-order valence-electron chi connectivity index (χ1n) is 6.02. The van der Waals surface area contributed by atoms with Gasteiger partial charge in [-0.05, 0) is 26.5 Å². The average molecular weight is 265 g/mol. The van der Waals surface area contributed by atoms with Crippen LogP contribution in [0.2, 0.25) is 0 Å². The minimum atomic E-state index is 0.585. The normalized spacial score (nSPS) is 11.3. The number of hydrogen-bond acceptors (Lipinski definition) is 5. The summed E-state index contributed by atoms with van der Waals surface area (Å²) < 4.78 is 1.89. The molecule has 0 amide bonds. The quantitative estimate of drug-likeness (QED) is 0.864. The second-order valence-electron chi connectivity index (χ2n) is 4.45. The topological polar surface area (TPSA) is 60.0 Å². The molecule has 5 nitrogen and oxygen atoms in total. The number of aromatic nitrogens is 3. The molecule has 0 fully saturated rings. The number of thiazole rings is 1. The molecular weight excluding hydrogens is 246 g/mol. The van der Waals surface area contributed by atoms with E-state index in [9.17, 15) is 0 Å². The molecule has 0 atom stereocenters. The fraction of sp³-hybridized carbons (Fsp3) is 0.500. The van der Waals surface area contributed by atoms with Crippen LogP contribution in [0.3, 0.4) is 0 Å². The van der Waals surface area contributed by atoms with E-state index in [0.717, 1.165) is 36.8 Å². The highest BCUT2D eigenvalue weighted by atomic mass is 32.1. The zero-order valence-electron chi connectivity index (χ0n) is 10.8. The SMILES string of the molecule is Cc1nc(CN(C)CCCn2ccc(N)n2)cs1. The smallest absolute Gasteiger partial charge is 0.145 e. The van der Waals surface area contributed by atoms with Crippen LogP contribution in [0, 0.1) is 6.92 Å². The highest BCUT2D eigenvalue weighted by molar-refractivity contribution is 7.09. The highest BCUT2D eigenvalue weighted by Crippen LogP contribution is 2.09. The van der Waals surface area contributed by atoms with Crippen molar-refractivity contribution < 1.29 is 0 Å². The molecule has 0 unspecified atom stereocenters. The fourth-order valence-corrected chi connectivity index (χ4v) is 2.44. The molecule has 98 valence electrons. The Bertz CT molecular complexity index is 490. The number of nitrogens with two attached hydrogens (primary N) is 1. The van der Waals surface area contributed by atoms with E-state index in [0.29, 0.717) is 5.82 Å². The molecule has 6 heteroatoms. The van der Waals surface area contributed by atoms with Gasteiger partial charge in [-0.2, -0.15) is 5.10 Å². The Morgan fingerprint density at radius 3 is 2.94 bits per heavy atom. The Balaban J connectivity index is 1.70. The molecule has 2 aromatic rings. The Hall–Kier alpha value is -1.40. The molecule has 0 aliphatic carbocycles. The van der Waals surface area contributed by atoms with Gasteiger partial charge in [0.15, 0.2) is 0 Å². The van der Waals surface area contributed by atoms with Crippen LogP contribution in [0.1, 0.15) is 17.1 Å². The molecule has 2 N–H and O–H groups in total. The molecule has 0 saturated carbocycles. The minimum absolute atomic E-state index is 0.585. The number of aryl methyl sites for hydroxylation is 2. The molecule has 0 aromatic carbocycles. The van der Waals surface area contributed by atoms with Gasteiger partial charge in [-0.3, -0.25) is 4.68 Å². The van der Waals surface area contributed by atoms with Crippen LogP contribution >= 0.6 is 11.3 Å². The van der Waals surface area contributed by atoms with E-state index >= 15 is 0 Å². The maximum atomic E-state index is 5.57. The van der Waals surface area contributed by atoms with Crippen LogP contribution in [0.15, 0.2) is 17.6 Å². The van der Waals surface area contributed by atoms with Crippen LogP contribution in [0.5, 0.6) is 0 Å². The molecule has 0 spiro atoms. The van der Waals surface area contributed by atoms with Crippen molar-refractivity contribution in [3.05, 3.63) is 28.3 Å². The van der Waals surface area contributed by atoms with Gasteiger partial charge in [-0.25, -0.2) is 4.98 Å². The minimum Gasteiger partial charge on any atom is -0.382 e. The maximum absolute atomic E-state index is 5.57. The van der Waals surface area contributed by atoms with Crippen molar-refractivity contribution in [2.45, 2.75) is 26.4 Å². The summed E-state index contributed by atoms with van der Waals surface area (Å²) in [6, 6.07) is 1.82. The Morgan fingerprint density at radius 2 is 2.33 bits per heavy atom. The lowest BCUT2D eigenvalue weighted by molar-refractivity contribution is 0.308. The summed E-state index contributed by atoms with van der Waals surface area (Å²) in [4.78, 5) is 6.74. The fourth-order valence-electron chi connectivity index (χ4n) is 1.84. The second-order valence-corrected chi connectivity index (χ2v) is 5.52. The number of hydrogen-bond donors (Lipinski definition) is 1. The lowest BCUT2D eigenvalue weighted by Gasteiger charge is -2.14.